The number of nitrogens with zero attached hydrogens (tertiary/aromatic N) is 4. The molecular formula is C13H18ClN5. The van der Waals surface area contributed by atoms with Gasteiger partial charge in [0, 0.05) is 12.1 Å². The van der Waals surface area contributed by atoms with E-state index in [0.29, 0.717) is 17.7 Å². The van der Waals surface area contributed by atoms with Crippen LogP contribution in [0.15, 0.2) is 6.33 Å². The molecule has 19 heavy (non-hydrogen) atoms. The van der Waals surface area contributed by atoms with E-state index in [4.69, 9.17) is 11.6 Å². The molecule has 0 aromatic carbocycles. The molecule has 0 aliphatic heterocycles. The second-order valence-corrected chi connectivity index (χ2v) is 5.74. The summed E-state index contributed by atoms with van der Waals surface area (Å²) in [7, 11) is 0. The Labute approximate surface area is 117 Å². The van der Waals surface area contributed by atoms with Crippen molar-refractivity contribution in [2.24, 2.45) is 0 Å². The van der Waals surface area contributed by atoms with E-state index in [1.807, 2.05) is 6.33 Å². The second-order valence-electron chi connectivity index (χ2n) is 5.40. The molecule has 0 radical (unpaired) electrons. The third-order valence-electron chi connectivity index (χ3n) is 3.54. The molecule has 5 nitrogen and oxygen atoms in total. The molecular weight excluding hydrogens is 262 g/mol. The van der Waals surface area contributed by atoms with Gasteiger partial charge in [0.05, 0.1) is 6.33 Å². The average molecular weight is 280 g/mol. The van der Waals surface area contributed by atoms with Crippen molar-refractivity contribution in [1.29, 1.82) is 0 Å². The van der Waals surface area contributed by atoms with Crippen LogP contribution in [-0.2, 0) is 0 Å². The summed E-state index contributed by atoms with van der Waals surface area (Å²) in [5.41, 5.74) is 1.65. The first kappa shape index (κ1) is 12.7. The van der Waals surface area contributed by atoms with Crippen molar-refractivity contribution < 1.29 is 0 Å². The number of nitrogens with one attached hydrogen (secondary N) is 1. The molecule has 102 valence electrons. The van der Waals surface area contributed by atoms with Gasteiger partial charge in [0.15, 0.2) is 11.5 Å². The van der Waals surface area contributed by atoms with E-state index in [9.17, 15) is 0 Å². The van der Waals surface area contributed by atoms with E-state index in [-0.39, 0.29) is 5.28 Å². The minimum absolute atomic E-state index is 0.243. The van der Waals surface area contributed by atoms with Crippen molar-refractivity contribution in [3.05, 3.63) is 11.6 Å². The minimum atomic E-state index is 0.243. The Kier molecular flexibility index (Phi) is 3.31. The summed E-state index contributed by atoms with van der Waals surface area (Å²) in [6, 6.07) is 0.809. The van der Waals surface area contributed by atoms with E-state index in [0.717, 1.165) is 11.3 Å². The predicted molar refractivity (Wildman–Crippen MR) is 76.6 cm³/mol. The van der Waals surface area contributed by atoms with Crippen LogP contribution in [0.3, 0.4) is 0 Å². The van der Waals surface area contributed by atoms with Gasteiger partial charge < -0.3 is 9.88 Å². The first-order chi connectivity index (χ1) is 9.15. The van der Waals surface area contributed by atoms with Gasteiger partial charge in [0.2, 0.25) is 5.28 Å². The fourth-order valence-corrected chi connectivity index (χ4v) is 2.92. The van der Waals surface area contributed by atoms with Crippen LogP contribution in [0.4, 0.5) is 5.82 Å². The van der Waals surface area contributed by atoms with E-state index in [2.05, 4.69) is 38.7 Å². The molecule has 2 aromatic heterocycles. The molecule has 1 saturated carbocycles. The third kappa shape index (κ3) is 2.39. The molecule has 1 fully saturated rings. The molecule has 3 rings (SSSR count). The van der Waals surface area contributed by atoms with Gasteiger partial charge in [-0.15, -0.1) is 0 Å². The number of hydrogen-bond acceptors (Lipinski definition) is 4. The fraction of sp³-hybridized carbons (Fsp3) is 0.615. The first-order valence-electron chi connectivity index (χ1n) is 6.82. The van der Waals surface area contributed by atoms with E-state index < -0.39 is 0 Å². The van der Waals surface area contributed by atoms with Gasteiger partial charge >= 0.3 is 0 Å². The molecule has 6 heteroatoms. The lowest BCUT2D eigenvalue weighted by atomic mass is 10.2. The lowest BCUT2D eigenvalue weighted by molar-refractivity contribution is 0.532. The van der Waals surface area contributed by atoms with Crippen molar-refractivity contribution in [3.63, 3.8) is 0 Å². The van der Waals surface area contributed by atoms with Gasteiger partial charge in [-0.25, -0.2) is 4.98 Å². The van der Waals surface area contributed by atoms with Gasteiger partial charge in [-0.05, 0) is 38.3 Å². The monoisotopic (exact) mass is 279 g/mol. The molecule has 1 N–H and O–H groups in total. The number of aromatic nitrogens is 4. The maximum Gasteiger partial charge on any atom is 0.226 e. The molecule has 0 amide bonds. The Morgan fingerprint density at radius 2 is 2.05 bits per heavy atom. The summed E-state index contributed by atoms with van der Waals surface area (Å²) in [5, 5.41) is 3.59. The highest BCUT2D eigenvalue weighted by Crippen LogP contribution is 2.33. The molecule has 2 aromatic rings. The zero-order valence-electron chi connectivity index (χ0n) is 11.2. The highest BCUT2D eigenvalue weighted by Gasteiger charge is 2.22. The van der Waals surface area contributed by atoms with Crippen LogP contribution in [0.25, 0.3) is 11.2 Å². The normalized spacial score (nSPS) is 16.6. The lowest BCUT2D eigenvalue weighted by Crippen LogP contribution is -2.14. The van der Waals surface area contributed by atoms with E-state index in [1.165, 1.54) is 25.7 Å². The predicted octanol–water partition coefficient (Wildman–Crippen LogP) is 3.42. The van der Waals surface area contributed by atoms with Crippen LogP contribution in [0.2, 0.25) is 5.28 Å². The standard InChI is InChI=1S/C13H18ClN5/c1-8(2)16-12-10-11(17-13(14)18-12)15-7-19(10)9-5-3-4-6-9/h7-9H,3-6H2,1-2H3,(H,16,17,18). The molecule has 1 aliphatic carbocycles. The molecule has 0 atom stereocenters. The van der Waals surface area contributed by atoms with Crippen molar-refractivity contribution in [3.8, 4) is 0 Å². The summed E-state index contributed by atoms with van der Waals surface area (Å²) in [6.45, 7) is 4.16. The Morgan fingerprint density at radius 1 is 1.32 bits per heavy atom. The van der Waals surface area contributed by atoms with Gasteiger partial charge in [-0.2, -0.15) is 9.97 Å². The third-order valence-corrected chi connectivity index (χ3v) is 3.71. The summed E-state index contributed by atoms with van der Waals surface area (Å²) in [5.74, 6) is 0.786. The quantitative estimate of drug-likeness (QED) is 0.875. The van der Waals surface area contributed by atoms with Crippen molar-refractivity contribution in [1.82, 2.24) is 19.5 Å². The molecule has 0 spiro atoms. The van der Waals surface area contributed by atoms with Crippen molar-refractivity contribution >= 4 is 28.6 Å². The van der Waals surface area contributed by atoms with Crippen LogP contribution in [-0.4, -0.2) is 25.6 Å². The summed E-state index contributed by atoms with van der Waals surface area (Å²) >= 11 is 5.96. The lowest BCUT2D eigenvalue weighted by Gasteiger charge is -2.16. The first-order valence-corrected chi connectivity index (χ1v) is 7.19. The number of rotatable bonds is 3. The van der Waals surface area contributed by atoms with Gasteiger partial charge in [-0.1, -0.05) is 12.8 Å². The van der Waals surface area contributed by atoms with Crippen molar-refractivity contribution in [2.45, 2.75) is 51.6 Å². The molecule has 0 unspecified atom stereocenters. The summed E-state index contributed by atoms with van der Waals surface area (Å²) in [6.07, 6.45) is 6.85. The summed E-state index contributed by atoms with van der Waals surface area (Å²) in [4.78, 5) is 12.9. The van der Waals surface area contributed by atoms with Gasteiger partial charge in [-0.3, -0.25) is 0 Å². The van der Waals surface area contributed by atoms with Gasteiger partial charge in [0.25, 0.3) is 0 Å². The highest BCUT2D eigenvalue weighted by molar-refractivity contribution is 6.28. The van der Waals surface area contributed by atoms with Crippen LogP contribution < -0.4 is 5.32 Å². The Bertz CT molecular complexity index is 586. The maximum absolute atomic E-state index is 5.96. The van der Waals surface area contributed by atoms with Crippen LogP contribution >= 0.6 is 11.6 Å². The maximum atomic E-state index is 5.96. The molecule has 0 bridgehead atoms. The SMILES string of the molecule is CC(C)Nc1nc(Cl)nc2ncn(C3CCCC3)c12. The number of fused-ring (bicyclic) bond motifs is 1. The molecule has 0 saturated heterocycles. The highest BCUT2D eigenvalue weighted by atomic mass is 35.5. The van der Waals surface area contributed by atoms with Gasteiger partial charge in [0.1, 0.15) is 5.52 Å². The molecule has 1 aliphatic rings. The van der Waals surface area contributed by atoms with E-state index >= 15 is 0 Å². The number of hydrogen-bond donors (Lipinski definition) is 1. The Hall–Kier alpha value is -1.36. The Morgan fingerprint density at radius 3 is 2.74 bits per heavy atom. The second kappa shape index (κ2) is 4.96. The number of imidazole rings is 1. The fourth-order valence-electron chi connectivity index (χ4n) is 2.75. The smallest absolute Gasteiger partial charge is 0.226 e. The van der Waals surface area contributed by atoms with E-state index in [1.54, 1.807) is 0 Å². The zero-order valence-corrected chi connectivity index (χ0v) is 12.0. The Balaban J connectivity index is 2.12. The van der Waals surface area contributed by atoms with Crippen LogP contribution in [0.1, 0.15) is 45.6 Å². The molecule has 2 heterocycles. The van der Waals surface area contributed by atoms with Crippen molar-refractivity contribution in [2.75, 3.05) is 5.32 Å². The number of halogens is 1. The number of anilines is 1. The summed E-state index contributed by atoms with van der Waals surface area (Å²) < 4.78 is 2.21. The average Bonchev–Trinajstić information content (AvgIpc) is 2.94. The van der Waals surface area contributed by atoms with Crippen LogP contribution in [0, 0.1) is 0 Å². The largest absolute Gasteiger partial charge is 0.366 e. The topological polar surface area (TPSA) is 55.6 Å². The minimum Gasteiger partial charge on any atom is -0.366 e. The zero-order chi connectivity index (χ0) is 13.4. The van der Waals surface area contributed by atoms with Crippen LogP contribution in [0.5, 0.6) is 0 Å².